The molecule has 3 atom stereocenters. The molecule has 1 aliphatic heterocycles. The maximum Gasteiger partial charge on any atom is 0.309 e. The molecule has 0 bridgehead atoms. The lowest BCUT2D eigenvalue weighted by atomic mass is 9.66. The summed E-state index contributed by atoms with van der Waals surface area (Å²) in [5.41, 5.74) is 1.52. The van der Waals surface area contributed by atoms with E-state index in [-0.39, 0.29) is 22.8 Å². The maximum atomic E-state index is 12.0. The third-order valence-electron chi connectivity index (χ3n) is 8.98. The number of hydrogen-bond donors (Lipinski definition) is 3. The standard InChI is InChI=1S/C33H48O5/c1-4-6-12-21-33(5-2,31(36)37)22-13-10-8-7-9-11-14-29-28-20-19-27(35)23-30(28)38-24-32(29,3)25-15-17-26(34)18-16-25/h15-20,23,29,34-35H,4-14,21-22,24H2,1-3H3,(H,36,37)/t29-,32-,33?/m1/s1. The molecule has 0 radical (unpaired) electrons. The number of carbonyl (C=O) groups is 1. The quantitative estimate of drug-likeness (QED) is 0.191. The van der Waals surface area contributed by atoms with Gasteiger partial charge in [-0.25, -0.2) is 0 Å². The molecule has 0 aliphatic carbocycles. The van der Waals surface area contributed by atoms with Crippen LogP contribution < -0.4 is 4.74 Å². The monoisotopic (exact) mass is 524 g/mol. The molecule has 2 aromatic carbocycles. The number of phenolic OH excluding ortho intramolecular Hbond substituents is 2. The van der Waals surface area contributed by atoms with Crippen molar-refractivity contribution in [2.45, 2.75) is 116 Å². The van der Waals surface area contributed by atoms with Crippen molar-refractivity contribution in [1.29, 1.82) is 0 Å². The SMILES string of the molecule is CCCCCC(CC)(CCCCCCCC[C@@H]1c2ccc(O)cc2OC[C@]1(C)c1ccc(O)cc1)C(=O)O. The Morgan fingerprint density at radius 3 is 2.13 bits per heavy atom. The Bertz CT molecular complexity index is 1020. The molecule has 1 aliphatic rings. The zero-order valence-electron chi connectivity index (χ0n) is 23.7. The molecule has 210 valence electrons. The van der Waals surface area contributed by atoms with Crippen LogP contribution in [0.25, 0.3) is 0 Å². The van der Waals surface area contributed by atoms with Gasteiger partial charge in [-0.15, -0.1) is 0 Å². The lowest BCUT2D eigenvalue weighted by molar-refractivity contribution is -0.150. The number of carboxylic acids is 1. The Morgan fingerprint density at radius 1 is 0.895 bits per heavy atom. The summed E-state index contributed by atoms with van der Waals surface area (Å²) in [6.07, 6.45) is 13.2. The minimum absolute atomic E-state index is 0.219. The number of phenols is 2. The predicted octanol–water partition coefficient (Wildman–Crippen LogP) is 8.71. The van der Waals surface area contributed by atoms with Crippen LogP contribution in [0.5, 0.6) is 17.2 Å². The zero-order chi connectivity index (χ0) is 27.6. The number of rotatable bonds is 16. The number of carboxylic acid groups (broad SMARTS) is 1. The van der Waals surface area contributed by atoms with Gasteiger partial charge < -0.3 is 20.1 Å². The van der Waals surface area contributed by atoms with Crippen molar-refractivity contribution in [3.8, 4) is 17.2 Å². The second kappa shape index (κ2) is 13.9. The number of aliphatic carboxylic acids is 1. The summed E-state index contributed by atoms with van der Waals surface area (Å²) in [6.45, 7) is 6.96. The fourth-order valence-electron chi connectivity index (χ4n) is 6.28. The van der Waals surface area contributed by atoms with Crippen molar-refractivity contribution in [2.75, 3.05) is 6.61 Å². The van der Waals surface area contributed by atoms with Crippen molar-refractivity contribution >= 4 is 5.97 Å². The molecule has 1 heterocycles. The van der Waals surface area contributed by atoms with E-state index in [9.17, 15) is 20.1 Å². The van der Waals surface area contributed by atoms with E-state index in [4.69, 9.17) is 4.74 Å². The molecule has 5 nitrogen and oxygen atoms in total. The second-order valence-corrected chi connectivity index (χ2v) is 11.6. The highest BCUT2D eigenvalue weighted by molar-refractivity contribution is 5.74. The van der Waals surface area contributed by atoms with Crippen LogP contribution in [-0.2, 0) is 10.2 Å². The van der Waals surface area contributed by atoms with Crippen molar-refractivity contribution < 1.29 is 24.9 Å². The first kappa shape index (κ1) is 29.9. The van der Waals surface area contributed by atoms with Gasteiger partial charge in [-0.2, -0.15) is 0 Å². The Hall–Kier alpha value is -2.69. The van der Waals surface area contributed by atoms with E-state index >= 15 is 0 Å². The molecular formula is C33H48O5. The third-order valence-corrected chi connectivity index (χ3v) is 8.98. The minimum Gasteiger partial charge on any atom is -0.508 e. The van der Waals surface area contributed by atoms with Gasteiger partial charge in [0, 0.05) is 17.4 Å². The summed E-state index contributed by atoms with van der Waals surface area (Å²) < 4.78 is 6.13. The van der Waals surface area contributed by atoms with E-state index in [1.54, 1.807) is 24.3 Å². The summed E-state index contributed by atoms with van der Waals surface area (Å²) in [4.78, 5) is 12.0. The average Bonchev–Trinajstić information content (AvgIpc) is 2.90. The van der Waals surface area contributed by atoms with E-state index in [2.05, 4.69) is 13.8 Å². The van der Waals surface area contributed by atoms with Crippen LogP contribution in [-0.4, -0.2) is 27.9 Å². The average molecular weight is 525 g/mol. The Kier molecular flexibility index (Phi) is 10.9. The molecule has 0 saturated heterocycles. The Morgan fingerprint density at radius 2 is 1.50 bits per heavy atom. The number of benzene rings is 2. The van der Waals surface area contributed by atoms with Gasteiger partial charge in [-0.3, -0.25) is 4.79 Å². The normalized spacial score (nSPS) is 20.3. The van der Waals surface area contributed by atoms with E-state index in [0.717, 1.165) is 100 Å². The Balaban J connectivity index is 1.53. The van der Waals surface area contributed by atoms with Gasteiger partial charge in [-0.05, 0) is 55.0 Å². The smallest absolute Gasteiger partial charge is 0.309 e. The molecule has 0 amide bonds. The summed E-state index contributed by atoms with van der Waals surface area (Å²) in [7, 11) is 0. The summed E-state index contributed by atoms with van der Waals surface area (Å²) in [5, 5.41) is 29.7. The van der Waals surface area contributed by atoms with Gasteiger partial charge in [-0.1, -0.05) is 96.8 Å². The first-order valence-corrected chi connectivity index (χ1v) is 14.7. The van der Waals surface area contributed by atoms with Crippen molar-refractivity contribution in [2.24, 2.45) is 5.41 Å². The predicted molar refractivity (Wildman–Crippen MR) is 153 cm³/mol. The number of fused-ring (bicyclic) bond motifs is 1. The molecule has 1 unspecified atom stereocenters. The van der Waals surface area contributed by atoms with Gasteiger partial charge >= 0.3 is 5.97 Å². The summed E-state index contributed by atoms with van der Waals surface area (Å²) in [6, 6.07) is 12.9. The molecular weight excluding hydrogens is 476 g/mol. The summed E-state index contributed by atoms with van der Waals surface area (Å²) >= 11 is 0. The fraction of sp³-hybridized carbons (Fsp3) is 0.606. The molecule has 3 N–H and O–H groups in total. The first-order chi connectivity index (χ1) is 18.3. The van der Waals surface area contributed by atoms with Crippen LogP contribution in [0.1, 0.15) is 121 Å². The van der Waals surface area contributed by atoms with Gasteiger partial charge in [0.2, 0.25) is 0 Å². The van der Waals surface area contributed by atoms with Crippen molar-refractivity contribution in [3.63, 3.8) is 0 Å². The van der Waals surface area contributed by atoms with Gasteiger partial charge in [0.25, 0.3) is 0 Å². The molecule has 3 rings (SSSR count). The topological polar surface area (TPSA) is 87.0 Å². The summed E-state index contributed by atoms with van der Waals surface area (Å²) in [5.74, 6) is 0.883. The van der Waals surface area contributed by atoms with Crippen molar-refractivity contribution in [3.05, 3.63) is 53.6 Å². The zero-order valence-corrected chi connectivity index (χ0v) is 23.7. The fourth-order valence-corrected chi connectivity index (χ4v) is 6.28. The molecule has 0 aromatic heterocycles. The molecule has 0 spiro atoms. The first-order valence-electron chi connectivity index (χ1n) is 14.7. The Labute approximate surface area is 229 Å². The number of aromatic hydroxyl groups is 2. The van der Waals surface area contributed by atoms with Gasteiger partial charge in [0.1, 0.15) is 17.2 Å². The largest absolute Gasteiger partial charge is 0.508 e. The van der Waals surface area contributed by atoms with Crippen LogP contribution in [0.15, 0.2) is 42.5 Å². The number of hydrogen-bond acceptors (Lipinski definition) is 4. The highest BCUT2D eigenvalue weighted by atomic mass is 16.5. The third kappa shape index (κ3) is 7.24. The van der Waals surface area contributed by atoms with Gasteiger partial charge in [0.05, 0.1) is 12.0 Å². The van der Waals surface area contributed by atoms with Crippen LogP contribution in [0.4, 0.5) is 0 Å². The van der Waals surface area contributed by atoms with E-state index in [0.29, 0.717) is 6.61 Å². The second-order valence-electron chi connectivity index (χ2n) is 11.6. The van der Waals surface area contributed by atoms with Crippen LogP contribution in [0.3, 0.4) is 0 Å². The van der Waals surface area contributed by atoms with E-state index in [1.807, 2.05) is 25.1 Å². The van der Waals surface area contributed by atoms with E-state index in [1.165, 1.54) is 0 Å². The van der Waals surface area contributed by atoms with Crippen LogP contribution in [0.2, 0.25) is 0 Å². The van der Waals surface area contributed by atoms with Crippen molar-refractivity contribution in [1.82, 2.24) is 0 Å². The minimum atomic E-state index is -0.613. The molecule has 2 aromatic rings. The molecule has 5 heteroatoms. The highest BCUT2D eigenvalue weighted by Gasteiger charge is 2.42. The molecule has 0 fully saturated rings. The van der Waals surface area contributed by atoms with Crippen LogP contribution in [0, 0.1) is 5.41 Å². The number of ether oxygens (including phenoxy) is 1. The molecule has 0 saturated carbocycles. The lowest BCUT2D eigenvalue weighted by Gasteiger charge is -2.43. The van der Waals surface area contributed by atoms with E-state index < -0.39 is 11.4 Å². The lowest BCUT2D eigenvalue weighted by Crippen LogP contribution is -2.40. The molecule has 38 heavy (non-hydrogen) atoms. The van der Waals surface area contributed by atoms with Crippen LogP contribution >= 0.6 is 0 Å². The highest BCUT2D eigenvalue weighted by Crippen LogP contribution is 2.49. The number of unbranched alkanes of at least 4 members (excludes halogenated alkanes) is 7. The van der Waals surface area contributed by atoms with Gasteiger partial charge in [0.15, 0.2) is 0 Å². The maximum absolute atomic E-state index is 12.0.